The highest BCUT2D eigenvalue weighted by Crippen LogP contribution is 2.17. The van der Waals surface area contributed by atoms with Gasteiger partial charge >= 0.3 is 0 Å². The molecule has 0 aliphatic heterocycles. The number of hydrogen-bond donors (Lipinski definition) is 2. The van der Waals surface area contributed by atoms with Gasteiger partial charge in [-0.05, 0) is 49.7 Å². The summed E-state index contributed by atoms with van der Waals surface area (Å²) in [7, 11) is 0. The molecular weight excluding hydrogens is 316 g/mol. The van der Waals surface area contributed by atoms with Crippen LogP contribution in [0.4, 0.5) is 11.4 Å². The predicted molar refractivity (Wildman–Crippen MR) is 87.0 cm³/mol. The van der Waals surface area contributed by atoms with Gasteiger partial charge in [0.2, 0.25) is 5.91 Å². The Balaban J connectivity index is 1.98. The van der Waals surface area contributed by atoms with Gasteiger partial charge in [-0.3, -0.25) is 4.79 Å². The molecule has 0 aromatic heterocycles. The van der Waals surface area contributed by atoms with E-state index < -0.39 is 0 Å². The van der Waals surface area contributed by atoms with Gasteiger partial charge in [0.05, 0.1) is 0 Å². The molecule has 1 amide bonds. The lowest BCUT2D eigenvalue weighted by molar-refractivity contribution is -0.116. The molecule has 0 bridgehead atoms. The zero-order chi connectivity index (χ0) is 14.5. The number of benzene rings is 2. The van der Waals surface area contributed by atoms with Crippen molar-refractivity contribution in [3.8, 4) is 0 Å². The minimum Gasteiger partial charge on any atom is -0.374 e. The van der Waals surface area contributed by atoms with Gasteiger partial charge in [-0.1, -0.05) is 34.1 Å². The molecule has 0 saturated carbocycles. The summed E-state index contributed by atoms with van der Waals surface area (Å²) >= 11 is 3.41. The Morgan fingerprint density at radius 3 is 2.50 bits per heavy atom. The second kappa shape index (κ2) is 6.57. The van der Waals surface area contributed by atoms with E-state index >= 15 is 0 Å². The van der Waals surface area contributed by atoms with Gasteiger partial charge in [0.15, 0.2) is 0 Å². The predicted octanol–water partition coefficient (Wildman–Crippen LogP) is 4.20. The van der Waals surface area contributed by atoms with E-state index in [2.05, 4.69) is 26.6 Å². The summed E-state index contributed by atoms with van der Waals surface area (Å²) in [5.74, 6) is -0.0597. The normalized spacial score (nSPS) is 11.8. The summed E-state index contributed by atoms with van der Waals surface area (Å²) in [5.41, 5.74) is 2.85. The van der Waals surface area contributed by atoms with Crippen LogP contribution in [0.3, 0.4) is 0 Å². The van der Waals surface area contributed by atoms with Crippen LogP contribution in [0.1, 0.15) is 12.5 Å². The van der Waals surface area contributed by atoms with Crippen LogP contribution in [-0.4, -0.2) is 11.9 Å². The average Bonchev–Trinajstić information content (AvgIpc) is 2.38. The first kappa shape index (κ1) is 14.6. The lowest BCUT2D eigenvalue weighted by Crippen LogP contribution is -2.31. The first-order valence-corrected chi connectivity index (χ1v) is 7.23. The van der Waals surface area contributed by atoms with Gasteiger partial charge in [-0.25, -0.2) is 0 Å². The van der Waals surface area contributed by atoms with Crippen LogP contribution in [0.25, 0.3) is 0 Å². The molecule has 104 valence electrons. The van der Waals surface area contributed by atoms with Gasteiger partial charge in [0, 0.05) is 15.8 Å². The maximum atomic E-state index is 12.1. The molecule has 0 spiro atoms. The largest absolute Gasteiger partial charge is 0.374 e. The van der Waals surface area contributed by atoms with Gasteiger partial charge < -0.3 is 10.6 Å². The highest BCUT2D eigenvalue weighted by molar-refractivity contribution is 9.10. The van der Waals surface area contributed by atoms with Gasteiger partial charge in [0.1, 0.15) is 6.04 Å². The summed E-state index contributed by atoms with van der Waals surface area (Å²) < 4.78 is 0.980. The third kappa shape index (κ3) is 4.10. The highest BCUT2D eigenvalue weighted by atomic mass is 79.9. The lowest BCUT2D eigenvalue weighted by atomic mass is 10.2. The Morgan fingerprint density at radius 1 is 1.10 bits per heavy atom. The molecule has 20 heavy (non-hydrogen) atoms. The number of carbonyl (C=O) groups is 1. The van der Waals surface area contributed by atoms with Crippen LogP contribution in [0.2, 0.25) is 0 Å². The van der Waals surface area contributed by atoms with E-state index in [9.17, 15) is 4.79 Å². The molecule has 0 fully saturated rings. The van der Waals surface area contributed by atoms with E-state index in [1.165, 1.54) is 0 Å². The molecule has 2 aromatic carbocycles. The average molecular weight is 333 g/mol. The van der Waals surface area contributed by atoms with Crippen molar-refractivity contribution in [1.29, 1.82) is 0 Å². The monoisotopic (exact) mass is 332 g/mol. The zero-order valence-electron chi connectivity index (χ0n) is 11.5. The number of nitrogens with one attached hydrogen (secondary N) is 2. The maximum Gasteiger partial charge on any atom is 0.246 e. The standard InChI is InChI=1S/C16H17BrN2O/c1-11-5-3-7-14(9-11)19-16(20)12(2)18-15-8-4-6-13(17)10-15/h3-10,12,18H,1-2H3,(H,19,20)/t12-/m0/s1. The number of amides is 1. The van der Waals surface area contributed by atoms with Crippen LogP contribution in [0.5, 0.6) is 0 Å². The minimum absolute atomic E-state index is 0.0597. The van der Waals surface area contributed by atoms with Crippen LogP contribution >= 0.6 is 15.9 Å². The summed E-state index contributed by atoms with van der Waals surface area (Å²) in [6.45, 7) is 3.84. The Bertz CT molecular complexity index is 613. The van der Waals surface area contributed by atoms with E-state index in [0.29, 0.717) is 0 Å². The van der Waals surface area contributed by atoms with Crippen molar-refractivity contribution < 1.29 is 4.79 Å². The van der Waals surface area contributed by atoms with Crippen molar-refractivity contribution in [2.45, 2.75) is 19.9 Å². The summed E-state index contributed by atoms with van der Waals surface area (Å²) in [5, 5.41) is 6.08. The van der Waals surface area contributed by atoms with Crippen molar-refractivity contribution in [2.75, 3.05) is 10.6 Å². The fourth-order valence-corrected chi connectivity index (χ4v) is 2.27. The second-order valence-electron chi connectivity index (χ2n) is 4.74. The van der Waals surface area contributed by atoms with Crippen molar-refractivity contribution in [3.05, 3.63) is 58.6 Å². The molecule has 1 atom stereocenters. The molecule has 2 aromatic rings. The number of rotatable bonds is 4. The second-order valence-corrected chi connectivity index (χ2v) is 5.65. The topological polar surface area (TPSA) is 41.1 Å². The highest BCUT2D eigenvalue weighted by Gasteiger charge is 2.12. The molecule has 2 rings (SSSR count). The Hall–Kier alpha value is -1.81. The number of halogens is 1. The molecular formula is C16H17BrN2O. The SMILES string of the molecule is Cc1cccc(NC(=O)[C@H](C)Nc2cccc(Br)c2)c1. The summed E-state index contributed by atoms with van der Waals surface area (Å²) in [6.07, 6.45) is 0. The van der Waals surface area contributed by atoms with Gasteiger partial charge in [0.25, 0.3) is 0 Å². The van der Waals surface area contributed by atoms with Crippen LogP contribution < -0.4 is 10.6 Å². The quantitative estimate of drug-likeness (QED) is 0.881. The summed E-state index contributed by atoms with van der Waals surface area (Å²) in [6, 6.07) is 15.2. The fraction of sp³-hybridized carbons (Fsp3) is 0.188. The van der Waals surface area contributed by atoms with Crippen molar-refractivity contribution in [1.82, 2.24) is 0 Å². The van der Waals surface area contributed by atoms with E-state index in [0.717, 1.165) is 21.4 Å². The minimum atomic E-state index is -0.315. The number of hydrogen-bond acceptors (Lipinski definition) is 2. The zero-order valence-corrected chi connectivity index (χ0v) is 13.1. The molecule has 0 aliphatic rings. The van der Waals surface area contributed by atoms with Gasteiger partial charge in [-0.2, -0.15) is 0 Å². The first-order valence-electron chi connectivity index (χ1n) is 6.44. The molecule has 0 saturated heterocycles. The van der Waals surface area contributed by atoms with E-state index in [1.54, 1.807) is 0 Å². The number of anilines is 2. The third-order valence-corrected chi connectivity index (χ3v) is 3.38. The molecule has 4 heteroatoms. The Morgan fingerprint density at radius 2 is 1.80 bits per heavy atom. The fourth-order valence-electron chi connectivity index (χ4n) is 1.87. The molecule has 3 nitrogen and oxygen atoms in total. The number of carbonyl (C=O) groups excluding carboxylic acids is 1. The molecule has 0 heterocycles. The van der Waals surface area contributed by atoms with Crippen LogP contribution in [0, 0.1) is 6.92 Å². The Labute approximate surface area is 127 Å². The van der Waals surface area contributed by atoms with Crippen molar-refractivity contribution in [2.24, 2.45) is 0 Å². The van der Waals surface area contributed by atoms with Gasteiger partial charge in [-0.15, -0.1) is 0 Å². The van der Waals surface area contributed by atoms with E-state index in [4.69, 9.17) is 0 Å². The van der Waals surface area contributed by atoms with E-state index in [1.807, 2.05) is 62.4 Å². The van der Waals surface area contributed by atoms with Crippen molar-refractivity contribution in [3.63, 3.8) is 0 Å². The van der Waals surface area contributed by atoms with E-state index in [-0.39, 0.29) is 11.9 Å². The smallest absolute Gasteiger partial charge is 0.246 e. The maximum absolute atomic E-state index is 12.1. The third-order valence-electron chi connectivity index (χ3n) is 2.89. The molecule has 0 unspecified atom stereocenters. The van der Waals surface area contributed by atoms with Crippen LogP contribution in [-0.2, 0) is 4.79 Å². The first-order chi connectivity index (χ1) is 9.54. The van der Waals surface area contributed by atoms with Crippen LogP contribution in [0.15, 0.2) is 53.0 Å². The lowest BCUT2D eigenvalue weighted by Gasteiger charge is -2.15. The molecule has 0 aliphatic carbocycles. The summed E-state index contributed by atoms with van der Waals surface area (Å²) in [4.78, 5) is 12.1. The van der Waals surface area contributed by atoms with Crippen molar-refractivity contribution >= 4 is 33.2 Å². The molecule has 0 radical (unpaired) electrons. The molecule has 2 N–H and O–H groups in total. The number of aryl methyl sites for hydroxylation is 1. The Kier molecular flexibility index (Phi) is 4.79.